The molecule has 4 unspecified atom stereocenters. The van der Waals surface area contributed by atoms with Gasteiger partial charge in [-0.05, 0) is 23.1 Å². The highest BCUT2D eigenvalue weighted by Gasteiger charge is 2.50. The first-order chi connectivity index (χ1) is 14.8. The number of rotatable bonds is 4. The van der Waals surface area contributed by atoms with Crippen molar-refractivity contribution in [3.8, 4) is 0 Å². The van der Waals surface area contributed by atoms with Crippen LogP contribution in [0.25, 0.3) is 0 Å². The predicted octanol–water partition coefficient (Wildman–Crippen LogP) is 2.32. The van der Waals surface area contributed by atoms with Gasteiger partial charge in [0.25, 0.3) is 0 Å². The number of amides is 1. The standard InChI is InChI=1S/C21H26N4O6/c1-21(2,3)12-5-7-13(8-6-12)22-20(27)31-16-11-30-17-15(10-29-18(16)17)25-9-14(23-24-25)19(26)28-4/h5-9,15-18H,10-11H2,1-4H3,(H,22,27). The van der Waals surface area contributed by atoms with Crippen molar-refractivity contribution in [1.29, 1.82) is 0 Å². The monoisotopic (exact) mass is 430 g/mol. The molecule has 1 N–H and O–H groups in total. The Labute approximate surface area is 179 Å². The minimum Gasteiger partial charge on any atom is -0.464 e. The van der Waals surface area contributed by atoms with E-state index in [0.29, 0.717) is 12.3 Å². The van der Waals surface area contributed by atoms with Crippen LogP contribution in [0.5, 0.6) is 0 Å². The van der Waals surface area contributed by atoms with Crippen molar-refractivity contribution < 1.29 is 28.5 Å². The van der Waals surface area contributed by atoms with Crippen LogP contribution in [-0.2, 0) is 24.4 Å². The molecule has 0 spiro atoms. The highest BCUT2D eigenvalue weighted by atomic mass is 16.6. The van der Waals surface area contributed by atoms with Crippen LogP contribution in [0.1, 0.15) is 42.9 Å². The zero-order valence-corrected chi connectivity index (χ0v) is 17.9. The molecule has 2 aliphatic heterocycles. The largest absolute Gasteiger partial charge is 0.464 e. The van der Waals surface area contributed by atoms with Crippen LogP contribution in [0.15, 0.2) is 30.5 Å². The average Bonchev–Trinajstić information content (AvgIpc) is 3.44. The summed E-state index contributed by atoms with van der Waals surface area (Å²) < 4.78 is 23.4. The Kier molecular flexibility index (Phi) is 5.67. The number of esters is 1. The van der Waals surface area contributed by atoms with E-state index in [1.807, 2.05) is 24.3 Å². The van der Waals surface area contributed by atoms with Crippen molar-refractivity contribution in [3.05, 3.63) is 41.7 Å². The fourth-order valence-corrected chi connectivity index (χ4v) is 3.75. The summed E-state index contributed by atoms with van der Waals surface area (Å²) >= 11 is 0. The van der Waals surface area contributed by atoms with E-state index in [0.717, 1.165) is 0 Å². The second kappa shape index (κ2) is 8.27. The molecule has 166 valence electrons. The van der Waals surface area contributed by atoms with E-state index >= 15 is 0 Å². The number of nitrogens with zero attached hydrogens (tertiary/aromatic N) is 3. The van der Waals surface area contributed by atoms with Crippen LogP contribution in [0.2, 0.25) is 0 Å². The molecular weight excluding hydrogens is 404 g/mol. The number of anilines is 1. The van der Waals surface area contributed by atoms with Gasteiger partial charge in [-0.3, -0.25) is 5.32 Å². The molecule has 1 aromatic carbocycles. The first-order valence-electron chi connectivity index (χ1n) is 10.1. The number of ether oxygens (including phenoxy) is 4. The molecule has 1 aromatic heterocycles. The fraction of sp³-hybridized carbons (Fsp3) is 0.524. The zero-order chi connectivity index (χ0) is 22.2. The average molecular weight is 430 g/mol. The normalized spacial score (nSPS) is 25.2. The smallest absolute Gasteiger partial charge is 0.412 e. The van der Waals surface area contributed by atoms with E-state index in [1.54, 1.807) is 0 Å². The van der Waals surface area contributed by atoms with Crippen molar-refractivity contribution in [3.63, 3.8) is 0 Å². The predicted molar refractivity (Wildman–Crippen MR) is 109 cm³/mol. The minimum atomic E-state index is -0.571. The van der Waals surface area contributed by atoms with Crippen LogP contribution < -0.4 is 5.32 Å². The van der Waals surface area contributed by atoms with Gasteiger partial charge in [-0.2, -0.15) is 0 Å². The number of benzene rings is 1. The lowest BCUT2D eigenvalue weighted by Gasteiger charge is -2.20. The Morgan fingerprint density at radius 1 is 1.13 bits per heavy atom. The summed E-state index contributed by atoms with van der Waals surface area (Å²) in [6, 6.07) is 7.38. The van der Waals surface area contributed by atoms with Crippen molar-refractivity contribution in [2.45, 2.75) is 50.5 Å². The van der Waals surface area contributed by atoms with Gasteiger partial charge in [-0.25, -0.2) is 14.3 Å². The Morgan fingerprint density at radius 2 is 1.84 bits per heavy atom. The Balaban J connectivity index is 1.34. The van der Waals surface area contributed by atoms with Gasteiger partial charge in [0.05, 0.1) is 26.5 Å². The molecule has 2 saturated heterocycles. The van der Waals surface area contributed by atoms with Crippen LogP contribution in [0.3, 0.4) is 0 Å². The van der Waals surface area contributed by atoms with Gasteiger partial charge in [0.15, 0.2) is 11.8 Å². The molecule has 0 aliphatic carbocycles. The summed E-state index contributed by atoms with van der Waals surface area (Å²) in [5.41, 5.74) is 1.96. The second-order valence-electron chi connectivity index (χ2n) is 8.63. The SMILES string of the molecule is COC(=O)c1cn(C2COC3C(OC(=O)Nc4ccc(C(C)(C)C)cc4)COC32)nn1. The Hall–Kier alpha value is -2.98. The molecule has 4 atom stereocenters. The first kappa shape index (κ1) is 21.3. The second-order valence-corrected chi connectivity index (χ2v) is 8.63. The van der Waals surface area contributed by atoms with Crippen molar-refractivity contribution >= 4 is 17.7 Å². The van der Waals surface area contributed by atoms with Crippen molar-refractivity contribution in [2.75, 3.05) is 25.6 Å². The molecule has 0 saturated carbocycles. The molecule has 10 nitrogen and oxygen atoms in total. The van der Waals surface area contributed by atoms with Gasteiger partial charge < -0.3 is 18.9 Å². The molecule has 10 heteroatoms. The third-order valence-corrected chi connectivity index (χ3v) is 5.48. The van der Waals surface area contributed by atoms with E-state index in [1.165, 1.54) is 23.6 Å². The molecule has 0 radical (unpaired) electrons. The van der Waals surface area contributed by atoms with E-state index in [-0.39, 0.29) is 29.9 Å². The van der Waals surface area contributed by atoms with Gasteiger partial charge >= 0.3 is 12.1 Å². The van der Waals surface area contributed by atoms with Crippen LogP contribution in [0.4, 0.5) is 10.5 Å². The summed E-state index contributed by atoms with van der Waals surface area (Å²) in [6.45, 7) is 6.90. The molecule has 2 fully saturated rings. The quantitative estimate of drug-likeness (QED) is 0.735. The number of nitrogens with one attached hydrogen (secondary N) is 1. The third-order valence-electron chi connectivity index (χ3n) is 5.48. The maximum absolute atomic E-state index is 12.4. The minimum absolute atomic E-state index is 0.0350. The van der Waals surface area contributed by atoms with Gasteiger partial charge in [0.1, 0.15) is 18.2 Å². The Bertz CT molecular complexity index is 952. The fourth-order valence-electron chi connectivity index (χ4n) is 3.75. The highest BCUT2D eigenvalue weighted by Crippen LogP contribution is 2.35. The molecule has 3 heterocycles. The molecule has 31 heavy (non-hydrogen) atoms. The van der Waals surface area contributed by atoms with Crippen LogP contribution in [-0.4, -0.2) is 65.7 Å². The van der Waals surface area contributed by atoms with E-state index in [4.69, 9.17) is 14.2 Å². The lowest BCUT2D eigenvalue weighted by atomic mass is 9.87. The van der Waals surface area contributed by atoms with Gasteiger partial charge in [-0.15, -0.1) is 5.10 Å². The molecule has 1 amide bonds. The summed E-state index contributed by atoms with van der Waals surface area (Å²) in [4.78, 5) is 24.0. The topological polar surface area (TPSA) is 114 Å². The molecule has 4 rings (SSSR count). The summed E-state index contributed by atoms with van der Waals surface area (Å²) in [6.07, 6.45) is -0.417. The number of hydrogen-bond donors (Lipinski definition) is 1. The number of carbonyl (C=O) groups is 2. The van der Waals surface area contributed by atoms with Gasteiger partial charge in [-0.1, -0.05) is 38.1 Å². The lowest BCUT2D eigenvalue weighted by molar-refractivity contribution is 0.00770. The molecular formula is C21H26N4O6. The van der Waals surface area contributed by atoms with E-state index in [9.17, 15) is 9.59 Å². The van der Waals surface area contributed by atoms with Crippen LogP contribution in [0, 0.1) is 0 Å². The summed E-state index contributed by atoms with van der Waals surface area (Å²) in [7, 11) is 1.28. The molecule has 0 bridgehead atoms. The van der Waals surface area contributed by atoms with Gasteiger partial charge in [0, 0.05) is 5.69 Å². The molecule has 2 aromatic rings. The first-order valence-corrected chi connectivity index (χ1v) is 10.1. The number of carbonyl (C=O) groups excluding carboxylic acids is 2. The lowest BCUT2D eigenvalue weighted by Crippen LogP contribution is -2.34. The number of hydrogen-bond acceptors (Lipinski definition) is 8. The van der Waals surface area contributed by atoms with Crippen molar-refractivity contribution in [2.24, 2.45) is 0 Å². The number of fused-ring (bicyclic) bond motifs is 1. The number of aromatic nitrogens is 3. The third kappa shape index (κ3) is 4.40. The maximum Gasteiger partial charge on any atom is 0.412 e. The zero-order valence-electron chi connectivity index (χ0n) is 17.9. The van der Waals surface area contributed by atoms with Crippen LogP contribution >= 0.6 is 0 Å². The maximum atomic E-state index is 12.4. The van der Waals surface area contributed by atoms with E-state index in [2.05, 4.69) is 41.1 Å². The molecule has 2 aliphatic rings. The highest BCUT2D eigenvalue weighted by molar-refractivity contribution is 5.86. The van der Waals surface area contributed by atoms with Crippen molar-refractivity contribution in [1.82, 2.24) is 15.0 Å². The van der Waals surface area contributed by atoms with E-state index < -0.39 is 24.3 Å². The Morgan fingerprint density at radius 3 is 2.52 bits per heavy atom. The van der Waals surface area contributed by atoms with Gasteiger partial charge in [0.2, 0.25) is 0 Å². The number of methoxy groups -OCH3 is 1. The summed E-state index contributed by atoms with van der Waals surface area (Å²) in [5.74, 6) is -0.567. The summed E-state index contributed by atoms with van der Waals surface area (Å²) in [5, 5.41) is 10.5.